The summed E-state index contributed by atoms with van der Waals surface area (Å²) < 4.78 is 33.3. The van der Waals surface area contributed by atoms with Gasteiger partial charge in [0.1, 0.15) is 12.2 Å². The van der Waals surface area contributed by atoms with Gasteiger partial charge in [-0.15, -0.1) is 0 Å². The standard InChI is InChI=1S/C45H79O9P/c1-3-5-7-9-11-13-15-17-19-21-23-25-27-29-31-33-35-37-45(48)54-44(42-53-55(49,50)52-40-43(47)39-46)41-51-38-36-34-32-30-28-26-24-22-20-18-16-14-12-10-8-6-4-2/h5,7,11,13-14,16-17,19-20,22-23,25,43-44,46-47H,3-4,6,8-10,12,15,18,21,24,26-42H2,1-2H3,(H,49,50)/b7-5-,13-11-,16-14-,19-17-,22-20-,25-23-. The van der Waals surface area contributed by atoms with Crippen LogP contribution < -0.4 is 0 Å². The van der Waals surface area contributed by atoms with Crippen LogP contribution in [0, 0.1) is 0 Å². The number of ether oxygens (including phenoxy) is 2. The Balaban J connectivity index is 4.27. The van der Waals surface area contributed by atoms with E-state index >= 15 is 0 Å². The molecule has 3 unspecified atom stereocenters. The van der Waals surface area contributed by atoms with Gasteiger partial charge in [-0.2, -0.15) is 0 Å². The summed E-state index contributed by atoms with van der Waals surface area (Å²) in [5.74, 6) is -0.412. The molecule has 3 N–H and O–H groups in total. The van der Waals surface area contributed by atoms with E-state index in [0.29, 0.717) is 13.0 Å². The highest BCUT2D eigenvalue weighted by molar-refractivity contribution is 7.47. The van der Waals surface area contributed by atoms with E-state index in [4.69, 9.17) is 23.6 Å². The Hall–Kier alpha value is -2.10. The van der Waals surface area contributed by atoms with Crippen molar-refractivity contribution in [1.29, 1.82) is 0 Å². The van der Waals surface area contributed by atoms with Crippen LogP contribution in [0.5, 0.6) is 0 Å². The van der Waals surface area contributed by atoms with Crippen molar-refractivity contribution >= 4 is 13.8 Å². The van der Waals surface area contributed by atoms with Gasteiger partial charge >= 0.3 is 13.8 Å². The summed E-state index contributed by atoms with van der Waals surface area (Å²) in [6.45, 7) is 3.31. The normalized spacial score (nSPS) is 14.8. The number of phosphoric acid groups is 1. The molecule has 0 rings (SSSR count). The van der Waals surface area contributed by atoms with Crippen molar-refractivity contribution in [3.8, 4) is 0 Å². The maximum absolute atomic E-state index is 12.6. The number of aliphatic hydroxyl groups excluding tert-OH is 2. The predicted molar refractivity (Wildman–Crippen MR) is 228 cm³/mol. The van der Waals surface area contributed by atoms with Crippen molar-refractivity contribution in [3.63, 3.8) is 0 Å². The lowest BCUT2D eigenvalue weighted by Gasteiger charge is -2.20. The number of carbonyl (C=O) groups excluding carboxylic acids is 1. The summed E-state index contributed by atoms with van der Waals surface area (Å²) in [6, 6.07) is 0. The van der Waals surface area contributed by atoms with Crippen molar-refractivity contribution in [2.45, 2.75) is 174 Å². The van der Waals surface area contributed by atoms with Crippen molar-refractivity contribution < 1.29 is 43.0 Å². The summed E-state index contributed by atoms with van der Waals surface area (Å²) in [6.07, 6.45) is 48.5. The quantitative estimate of drug-likeness (QED) is 0.0240. The maximum atomic E-state index is 12.6. The second-order valence-corrected chi connectivity index (χ2v) is 15.4. The van der Waals surface area contributed by atoms with E-state index in [-0.39, 0.29) is 13.0 Å². The Bertz CT molecular complexity index is 1080. The van der Waals surface area contributed by atoms with Crippen molar-refractivity contribution in [2.24, 2.45) is 0 Å². The zero-order chi connectivity index (χ0) is 40.3. The Morgan fingerprint density at radius 3 is 1.56 bits per heavy atom. The molecule has 9 nitrogen and oxygen atoms in total. The predicted octanol–water partition coefficient (Wildman–Crippen LogP) is 11.8. The first-order valence-electron chi connectivity index (χ1n) is 21.4. The number of phosphoric ester groups is 1. The molecule has 0 bridgehead atoms. The topological polar surface area (TPSA) is 132 Å². The van der Waals surface area contributed by atoms with Crippen molar-refractivity contribution in [1.82, 2.24) is 0 Å². The van der Waals surface area contributed by atoms with Crippen LogP contribution in [0.3, 0.4) is 0 Å². The third-order valence-corrected chi connectivity index (χ3v) is 9.58. The number of aliphatic hydroxyl groups is 2. The SMILES string of the molecule is CC/C=C\C/C=C\C/C=C\C/C=C\CCCCCCC(=O)OC(COCCCCCCCC/C=C\C/C=C\CCCCCC)COP(=O)(O)OCC(O)CO. The molecule has 55 heavy (non-hydrogen) atoms. The fourth-order valence-corrected chi connectivity index (χ4v) is 6.16. The summed E-state index contributed by atoms with van der Waals surface area (Å²) in [4.78, 5) is 22.6. The van der Waals surface area contributed by atoms with Gasteiger partial charge in [-0.05, 0) is 83.5 Å². The summed E-state index contributed by atoms with van der Waals surface area (Å²) in [5.41, 5.74) is 0. The number of carbonyl (C=O) groups is 1. The highest BCUT2D eigenvalue weighted by atomic mass is 31.2. The van der Waals surface area contributed by atoms with Crippen LogP contribution in [0.25, 0.3) is 0 Å². The lowest BCUT2D eigenvalue weighted by Crippen LogP contribution is -2.29. The molecule has 0 saturated heterocycles. The molecule has 0 aromatic carbocycles. The van der Waals surface area contributed by atoms with Crippen molar-refractivity contribution in [2.75, 3.05) is 33.0 Å². The molecule has 3 atom stereocenters. The highest BCUT2D eigenvalue weighted by Gasteiger charge is 2.26. The van der Waals surface area contributed by atoms with Gasteiger partial charge in [-0.3, -0.25) is 13.8 Å². The van der Waals surface area contributed by atoms with Gasteiger partial charge in [0, 0.05) is 13.0 Å². The van der Waals surface area contributed by atoms with Crippen LogP contribution in [0.2, 0.25) is 0 Å². The zero-order valence-corrected chi connectivity index (χ0v) is 35.5. The highest BCUT2D eigenvalue weighted by Crippen LogP contribution is 2.43. The lowest BCUT2D eigenvalue weighted by atomic mass is 10.1. The van der Waals surface area contributed by atoms with Gasteiger partial charge in [0.05, 0.1) is 26.4 Å². The van der Waals surface area contributed by atoms with E-state index in [1.54, 1.807) is 0 Å². The van der Waals surface area contributed by atoms with Gasteiger partial charge < -0.3 is 24.6 Å². The summed E-state index contributed by atoms with van der Waals surface area (Å²) >= 11 is 0. The number of allylic oxidation sites excluding steroid dienone is 12. The van der Waals surface area contributed by atoms with Gasteiger partial charge in [0.2, 0.25) is 0 Å². The number of rotatable bonds is 40. The van der Waals surface area contributed by atoms with E-state index in [9.17, 15) is 19.4 Å². The van der Waals surface area contributed by atoms with Crippen LogP contribution in [0.1, 0.15) is 162 Å². The monoisotopic (exact) mass is 795 g/mol. The molecule has 0 fully saturated rings. The number of hydrogen-bond donors (Lipinski definition) is 3. The zero-order valence-electron chi connectivity index (χ0n) is 34.6. The first kappa shape index (κ1) is 52.9. The fraction of sp³-hybridized carbons (Fsp3) is 0.711. The Labute approximate surface area is 335 Å². The van der Waals surface area contributed by atoms with Gasteiger partial charge in [-0.25, -0.2) is 4.57 Å². The molecule has 0 aromatic heterocycles. The molecule has 0 aliphatic rings. The Kier molecular flexibility index (Phi) is 39.9. The van der Waals surface area contributed by atoms with Crippen LogP contribution >= 0.6 is 7.82 Å². The fourth-order valence-electron chi connectivity index (χ4n) is 5.38. The molecule has 0 amide bonds. The van der Waals surface area contributed by atoms with Crippen LogP contribution in [-0.2, 0) is 27.9 Å². The first-order valence-corrected chi connectivity index (χ1v) is 22.9. The molecule has 0 saturated carbocycles. The Morgan fingerprint density at radius 2 is 1.04 bits per heavy atom. The molecule has 0 radical (unpaired) electrons. The number of hydrogen-bond acceptors (Lipinski definition) is 8. The maximum Gasteiger partial charge on any atom is 0.472 e. The first-order chi connectivity index (χ1) is 26.8. The Morgan fingerprint density at radius 1 is 0.582 bits per heavy atom. The molecule has 0 spiro atoms. The summed E-state index contributed by atoms with van der Waals surface area (Å²) in [7, 11) is -4.53. The molecule has 0 aliphatic carbocycles. The van der Waals surface area contributed by atoms with E-state index in [1.165, 1.54) is 51.4 Å². The average Bonchev–Trinajstić information content (AvgIpc) is 3.18. The summed E-state index contributed by atoms with van der Waals surface area (Å²) in [5, 5.41) is 18.3. The van der Waals surface area contributed by atoms with Crippen LogP contribution in [0.4, 0.5) is 0 Å². The third kappa shape index (κ3) is 41.4. The minimum absolute atomic E-state index is 0.0280. The van der Waals surface area contributed by atoms with E-state index in [1.807, 2.05) is 0 Å². The second-order valence-electron chi connectivity index (χ2n) is 14.0. The van der Waals surface area contributed by atoms with Gasteiger partial charge in [0.25, 0.3) is 0 Å². The lowest BCUT2D eigenvalue weighted by molar-refractivity contribution is -0.154. The smallest absolute Gasteiger partial charge is 0.457 e. The second kappa shape index (κ2) is 41.5. The number of unbranched alkanes of at least 4 members (excludes halogenated alkanes) is 14. The van der Waals surface area contributed by atoms with Crippen molar-refractivity contribution in [3.05, 3.63) is 72.9 Å². The molecule has 318 valence electrons. The molecule has 0 heterocycles. The average molecular weight is 795 g/mol. The van der Waals surface area contributed by atoms with E-state index in [0.717, 1.165) is 83.5 Å². The number of esters is 1. The van der Waals surface area contributed by atoms with Gasteiger partial charge in [0.15, 0.2) is 0 Å². The molecule has 0 aromatic rings. The van der Waals surface area contributed by atoms with Gasteiger partial charge in [-0.1, -0.05) is 145 Å². The van der Waals surface area contributed by atoms with E-state index in [2.05, 4.69) is 86.8 Å². The van der Waals surface area contributed by atoms with Crippen LogP contribution in [0.15, 0.2) is 72.9 Å². The molecular formula is C45H79O9P. The molecule has 10 heteroatoms. The minimum atomic E-state index is -4.53. The molecular weight excluding hydrogens is 715 g/mol. The largest absolute Gasteiger partial charge is 0.472 e. The van der Waals surface area contributed by atoms with Crippen LogP contribution in [-0.4, -0.2) is 66.3 Å². The van der Waals surface area contributed by atoms with E-state index < -0.39 is 45.8 Å². The minimum Gasteiger partial charge on any atom is -0.457 e. The molecule has 0 aliphatic heterocycles. The third-order valence-electron chi connectivity index (χ3n) is 8.63.